The highest BCUT2D eigenvalue weighted by molar-refractivity contribution is 5.89. The van der Waals surface area contributed by atoms with Gasteiger partial charge in [-0.1, -0.05) is 37.6 Å². The van der Waals surface area contributed by atoms with Crippen LogP contribution in [0.15, 0.2) is 41.3 Å². The monoisotopic (exact) mass is 433 g/mol. The molecule has 6 rings (SSSR count). The number of piperazine rings is 1. The Kier molecular flexibility index (Phi) is 5.80. The molecule has 2 unspecified atom stereocenters. The van der Waals surface area contributed by atoms with Gasteiger partial charge in [0.05, 0.1) is 12.1 Å². The second-order valence-corrected chi connectivity index (χ2v) is 9.03. The van der Waals surface area contributed by atoms with Gasteiger partial charge in [-0.25, -0.2) is 4.98 Å². The molecule has 0 saturated carbocycles. The summed E-state index contributed by atoms with van der Waals surface area (Å²) in [5.74, 6) is 0.691. The molecule has 3 aromatic rings. The minimum absolute atomic E-state index is 0.106. The first kappa shape index (κ1) is 20.9. The number of nitrogens with one attached hydrogen (secondary N) is 2. The predicted octanol–water partition coefficient (Wildman–Crippen LogP) is 2.18. The van der Waals surface area contributed by atoms with Crippen LogP contribution in [0.1, 0.15) is 37.3 Å². The Labute approximate surface area is 187 Å². The zero-order chi connectivity index (χ0) is 22.1. The molecule has 8 nitrogen and oxygen atoms in total. The van der Waals surface area contributed by atoms with Crippen LogP contribution in [0.2, 0.25) is 0 Å². The highest BCUT2D eigenvalue weighted by Gasteiger charge is 2.36. The van der Waals surface area contributed by atoms with Crippen molar-refractivity contribution in [3.8, 4) is 0 Å². The van der Waals surface area contributed by atoms with E-state index in [1.54, 1.807) is 10.8 Å². The van der Waals surface area contributed by atoms with Crippen molar-refractivity contribution in [3.63, 3.8) is 0 Å². The number of nitrogen functional groups attached to an aromatic ring is 1. The third-order valence-corrected chi connectivity index (χ3v) is 6.44. The Morgan fingerprint density at radius 2 is 1.78 bits per heavy atom. The van der Waals surface area contributed by atoms with E-state index in [0.717, 1.165) is 44.6 Å². The van der Waals surface area contributed by atoms with E-state index in [2.05, 4.69) is 56.7 Å². The van der Waals surface area contributed by atoms with Gasteiger partial charge in [-0.15, -0.1) is 0 Å². The van der Waals surface area contributed by atoms with Gasteiger partial charge in [0.25, 0.3) is 5.56 Å². The average molecular weight is 434 g/mol. The summed E-state index contributed by atoms with van der Waals surface area (Å²) in [5.41, 5.74) is 8.72. The van der Waals surface area contributed by atoms with Crippen LogP contribution >= 0.6 is 0 Å². The molecule has 32 heavy (non-hydrogen) atoms. The number of piperidine rings is 1. The van der Waals surface area contributed by atoms with Crippen molar-refractivity contribution in [1.29, 1.82) is 0 Å². The van der Waals surface area contributed by atoms with Gasteiger partial charge >= 0.3 is 0 Å². The lowest BCUT2D eigenvalue weighted by Crippen LogP contribution is -2.66. The average Bonchev–Trinajstić information content (AvgIpc) is 2.76. The number of hydrogen-bond acceptors (Lipinski definition) is 7. The Morgan fingerprint density at radius 3 is 2.47 bits per heavy atom. The lowest BCUT2D eigenvalue weighted by molar-refractivity contribution is 0.0726. The summed E-state index contributed by atoms with van der Waals surface area (Å²) in [6.45, 7) is 6.62. The number of anilines is 2. The molecule has 3 saturated heterocycles. The number of nitrogens with two attached hydrogens (primary N) is 1. The standard InChI is InChI=1S/C24H31N7O/c1-2-3-9-26-22-21-20(28-24(25)29-22)8-10-31(23(21)32)13-17-6-4-16(5-7-17)12-30-14-18-11-19(15-30)27-18/h4-8,10,18-19,27H,2-3,9,11-15H2,1H3,(H3,25,26,28,29). The van der Waals surface area contributed by atoms with Crippen molar-refractivity contribution in [3.05, 3.63) is 58.0 Å². The van der Waals surface area contributed by atoms with Crippen LogP contribution in [0.25, 0.3) is 10.9 Å². The molecule has 2 aromatic heterocycles. The minimum Gasteiger partial charge on any atom is -0.369 e. The summed E-state index contributed by atoms with van der Waals surface area (Å²) in [7, 11) is 0. The minimum atomic E-state index is -0.106. The normalized spacial score (nSPS) is 20.3. The van der Waals surface area contributed by atoms with Crippen molar-refractivity contribution in [1.82, 2.24) is 24.8 Å². The van der Waals surface area contributed by atoms with Gasteiger partial charge in [-0.2, -0.15) is 4.98 Å². The maximum Gasteiger partial charge on any atom is 0.264 e. The van der Waals surface area contributed by atoms with Crippen LogP contribution in [0.4, 0.5) is 11.8 Å². The van der Waals surface area contributed by atoms with Crippen LogP contribution in [0.3, 0.4) is 0 Å². The number of benzene rings is 1. The van der Waals surface area contributed by atoms with Gasteiger partial charge < -0.3 is 20.9 Å². The van der Waals surface area contributed by atoms with Gasteiger partial charge in [0.1, 0.15) is 11.2 Å². The maximum absolute atomic E-state index is 13.3. The summed E-state index contributed by atoms with van der Waals surface area (Å²) in [5, 5.41) is 7.33. The molecule has 168 valence electrons. The molecule has 3 aliphatic heterocycles. The Hall–Kier alpha value is -2.97. The summed E-state index contributed by atoms with van der Waals surface area (Å²) in [6, 6.07) is 11.8. The zero-order valence-corrected chi connectivity index (χ0v) is 18.6. The van der Waals surface area contributed by atoms with Gasteiger partial charge in [0.2, 0.25) is 5.95 Å². The summed E-state index contributed by atoms with van der Waals surface area (Å²) >= 11 is 0. The number of fused-ring (bicyclic) bond motifs is 3. The molecular formula is C24H31N7O. The molecule has 8 heteroatoms. The van der Waals surface area contributed by atoms with Crippen molar-refractivity contribution < 1.29 is 0 Å². The van der Waals surface area contributed by atoms with E-state index >= 15 is 0 Å². The molecule has 4 N–H and O–H groups in total. The predicted molar refractivity (Wildman–Crippen MR) is 128 cm³/mol. The van der Waals surface area contributed by atoms with Crippen LogP contribution in [-0.4, -0.2) is 51.2 Å². The Morgan fingerprint density at radius 1 is 1.09 bits per heavy atom. The molecule has 1 aromatic carbocycles. The molecule has 2 bridgehead atoms. The molecule has 0 spiro atoms. The fourth-order valence-corrected chi connectivity index (χ4v) is 4.77. The van der Waals surface area contributed by atoms with Gasteiger partial charge in [0, 0.05) is 44.5 Å². The molecule has 0 radical (unpaired) electrons. The van der Waals surface area contributed by atoms with E-state index in [4.69, 9.17) is 5.73 Å². The zero-order valence-electron chi connectivity index (χ0n) is 18.6. The topological polar surface area (TPSA) is 101 Å². The maximum atomic E-state index is 13.3. The lowest BCUT2D eigenvalue weighted by Gasteiger charge is -2.48. The number of pyridine rings is 1. The number of unbranched alkanes of at least 4 members (excludes halogenated alkanes) is 1. The van der Waals surface area contributed by atoms with E-state index in [-0.39, 0.29) is 11.5 Å². The lowest BCUT2D eigenvalue weighted by atomic mass is 9.91. The fraction of sp³-hybridized carbons (Fsp3) is 0.458. The second kappa shape index (κ2) is 8.88. The number of aromatic nitrogens is 3. The van der Waals surface area contributed by atoms with Crippen LogP contribution in [0.5, 0.6) is 0 Å². The van der Waals surface area contributed by atoms with E-state index in [1.165, 1.54) is 12.0 Å². The third-order valence-electron chi connectivity index (χ3n) is 6.44. The first-order valence-electron chi connectivity index (χ1n) is 11.6. The summed E-state index contributed by atoms with van der Waals surface area (Å²) < 4.78 is 1.71. The van der Waals surface area contributed by atoms with Crippen LogP contribution in [-0.2, 0) is 13.1 Å². The van der Waals surface area contributed by atoms with E-state index in [0.29, 0.717) is 35.3 Å². The highest BCUT2D eigenvalue weighted by atomic mass is 16.1. The number of hydrogen-bond donors (Lipinski definition) is 3. The number of rotatable bonds is 8. The van der Waals surface area contributed by atoms with Gasteiger partial charge in [0.15, 0.2) is 0 Å². The van der Waals surface area contributed by atoms with Crippen molar-refractivity contribution in [2.45, 2.75) is 51.4 Å². The Balaban J connectivity index is 1.33. The van der Waals surface area contributed by atoms with Crippen LogP contribution in [0, 0.1) is 0 Å². The Bertz CT molecular complexity index is 1140. The first-order valence-corrected chi connectivity index (χ1v) is 11.6. The second-order valence-electron chi connectivity index (χ2n) is 9.03. The largest absolute Gasteiger partial charge is 0.369 e. The highest BCUT2D eigenvalue weighted by Crippen LogP contribution is 2.22. The van der Waals surface area contributed by atoms with E-state index in [1.807, 2.05) is 6.07 Å². The fourth-order valence-electron chi connectivity index (χ4n) is 4.77. The van der Waals surface area contributed by atoms with Crippen molar-refractivity contribution in [2.24, 2.45) is 0 Å². The molecular weight excluding hydrogens is 402 g/mol. The van der Waals surface area contributed by atoms with Crippen molar-refractivity contribution in [2.75, 3.05) is 30.7 Å². The van der Waals surface area contributed by atoms with Crippen LogP contribution < -0.4 is 21.9 Å². The number of nitrogens with zero attached hydrogens (tertiary/aromatic N) is 4. The van der Waals surface area contributed by atoms with Gasteiger partial charge in [-0.05, 0) is 30.0 Å². The summed E-state index contributed by atoms with van der Waals surface area (Å²) in [4.78, 5) is 24.3. The SMILES string of the molecule is CCCCNc1nc(N)nc2ccn(Cc3ccc(CN4CC5CC(C4)N5)cc3)c(=O)c12. The molecule has 3 fully saturated rings. The van der Waals surface area contributed by atoms with E-state index in [9.17, 15) is 4.79 Å². The third kappa shape index (κ3) is 4.33. The molecule has 2 atom stereocenters. The molecule has 3 aliphatic rings. The molecule has 5 heterocycles. The van der Waals surface area contributed by atoms with Gasteiger partial charge in [-0.3, -0.25) is 9.69 Å². The summed E-state index contributed by atoms with van der Waals surface area (Å²) in [6.07, 6.45) is 5.16. The quantitative estimate of drug-likeness (QED) is 0.468. The smallest absolute Gasteiger partial charge is 0.264 e. The first-order chi connectivity index (χ1) is 15.6. The van der Waals surface area contributed by atoms with E-state index < -0.39 is 0 Å². The molecule has 0 amide bonds. The van der Waals surface area contributed by atoms with Crippen molar-refractivity contribution >= 4 is 22.7 Å². The molecule has 0 aliphatic carbocycles.